The van der Waals surface area contributed by atoms with Crippen molar-refractivity contribution in [2.45, 2.75) is 19.9 Å². The predicted molar refractivity (Wildman–Crippen MR) is 51.2 cm³/mol. The van der Waals surface area contributed by atoms with Gasteiger partial charge in [0.1, 0.15) is 6.61 Å². The molecule has 0 atom stereocenters. The highest BCUT2D eigenvalue weighted by molar-refractivity contribution is 7.71. The van der Waals surface area contributed by atoms with E-state index in [-0.39, 0.29) is 6.61 Å². The van der Waals surface area contributed by atoms with Crippen LogP contribution in [0.25, 0.3) is 0 Å². The van der Waals surface area contributed by atoms with Gasteiger partial charge in [0.15, 0.2) is 4.77 Å². The molecule has 3 nitrogen and oxygen atoms in total. The van der Waals surface area contributed by atoms with Gasteiger partial charge in [-0.15, -0.1) is 0 Å². The number of H-pyrrole nitrogens is 1. The number of aromatic amines is 1. The van der Waals surface area contributed by atoms with Crippen LogP contribution in [0.3, 0.4) is 0 Å². The molecule has 1 aromatic rings. The zero-order chi connectivity index (χ0) is 10.6. The van der Waals surface area contributed by atoms with Crippen LogP contribution in [-0.2, 0) is 11.3 Å². The van der Waals surface area contributed by atoms with Crippen molar-refractivity contribution in [2.24, 2.45) is 0 Å². The summed E-state index contributed by atoms with van der Waals surface area (Å²) in [5, 5.41) is 0. The summed E-state index contributed by atoms with van der Waals surface area (Å²) in [5.74, 6) is 0. The molecule has 0 amide bonds. The summed E-state index contributed by atoms with van der Waals surface area (Å²) < 4.78 is 30.4. The molecule has 0 aliphatic carbocycles. The van der Waals surface area contributed by atoms with Gasteiger partial charge in [-0.3, -0.25) is 0 Å². The molecule has 0 unspecified atom stereocenters. The quantitative estimate of drug-likeness (QED) is 0.611. The normalized spacial score (nSPS) is 11.1. The molecular weight excluding hydrogens is 210 g/mol. The fourth-order valence-corrected chi connectivity index (χ4v) is 1.37. The number of rotatable bonds is 5. The van der Waals surface area contributed by atoms with Crippen molar-refractivity contribution in [3.8, 4) is 0 Å². The summed E-state index contributed by atoms with van der Waals surface area (Å²) in [5.41, 5.74) is 0.948. The van der Waals surface area contributed by atoms with Gasteiger partial charge in [-0.05, 0) is 19.1 Å². The number of nitrogens with one attached hydrogen (secondary N) is 1. The Morgan fingerprint density at radius 1 is 1.64 bits per heavy atom. The van der Waals surface area contributed by atoms with Crippen molar-refractivity contribution in [3.05, 3.63) is 16.7 Å². The monoisotopic (exact) mass is 222 g/mol. The largest absolute Gasteiger partial charge is 0.374 e. The van der Waals surface area contributed by atoms with Gasteiger partial charge in [0.05, 0.1) is 6.61 Å². The molecule has 0 aromatic carbocycles. The summed E-state index contributed by atoms with van der Waals surface area (Å²) in [4.78, 5) is 2.93. The SMILES string of the molecule is Cc1cn(CCOCC(F)F)c(=S)[nH]1. The van der Waals surface area contributed by atoms with Crippen molar-refractivity contribution in [3.63, 3.8) is 0 Å². The first-order valence-electron chi connectivity index (χ1n) is 4.21. The number of halogens is 2. The molecule has 0 saturated carbocycles. The Kier molecular flexibility index (Phi) is 4.21. The Hall–Kier alpha value is -0.750. The summed E-state index contributed by atoms with van der Waals surface area (Å²) in [7, 11) is 0. The summed E-state index contributed by atoms with van der Waals surface area (Å²) in [6.45, 7) is 2.11. The molecular formula is C8H12F2N2OS. The van der Waals surface area contributed by atoms with Crippen LogP contribution in [-0.4, -0.2) is 29.2 Å². The summed E-state index contributed by atoms with van der Waals surface area (Å²) >= 11 is 4.98. The molecule has 0 radical (unpaired) electrons. The van der Waals surface area contributed by atoms with E-state index in [1.165, 1.54) is 0 Å². The van der Waals surface area contributed by atoms with Gasteiger partial charge < -0.3 is 14.3 Å². The average Bonchev–Trinajstić information content (AvgIpc) is 2.39. The highest BCUT2D eigenvalue weighted by atomic mass is 32.1. The number of imidazole rings is 1. The molecule has 0 saturated heterocycles. The molecule has 0 bridgehead atoms. The minimum absolute atomic E-state index is 0.246. The number of aryl methyl sites for hydroxylation is 1. The number of alkyl halides is 2. The number of nitrogens with zero attached hydrogens (tertiary/aromatic N) is 1. The number of hydrogen-bond acceptors (Lipinski definition) is 2. The smallest absolute Gasteiger partial charge is 0.261 e. The van der Waals surface area contributed by atoms with E-state index < -0.39 is 13.0 Å². The van der Waals surface area contributed by atoms with Crippen LogP contribution in [0, 0.1) is 11.7 Å². The maximum Gasteiger partial charge on any atom is 0.261 e. The molecule has 1 aromatic heterocycles. The molecule has 6 heteroatoms. The van der Waals surface area contributed by atoms with Crippen molar-refractivity contribution >= 4 is 12.2 Å². The van der Waals surface area contributed by atoms with Gasteiger partial charge in [-0.2, -0.15) is 0 Å². The fourth-order valence-electron chi connectivity index (χ4n) is 1.07. The van der Waals surface area contributed by atoms with Crippen molar-refractivity contribution in [1.29, 1.82) is 0 Å². The number of aromatic nitrogens is 2. The zero-order valence-corrected chi connectivity index (χ0v) is 8.61. The van der Waals surface area contributed by atoms with E-state index in [1.807, 2.05) is 13.1 Å². The Morgan fingerprint density at radius 3 is 2.86 bits per heavy atom. The van der Waals surface area contributed by atoms with E-state index in [2.05, 4.69) is 4.98 Å². The highest BCUT2D eigenvalue weighted by Gasteiger charge is 2.02. The first-order chi connectivity index (χ1) is 6.59. The van der Waals surface area contributed by atoms with Gasteiger partial charge in [0.2, 0.25) is 0 Å². The average molecular weight is 222 g/mol. The Balaban J connectivity index is 2.31. The first kappa shape index (κ1) is 11.3. The van der Waals surface area contributed by atoms with E-state index in [9.17, 15) is 8.78 Å². The third kappa shape index (κ3) is 3.55. The highest BCUT2D eigenvalue weighted by Crippen LogP contribution is 1.98. The van der Waals surface area contributed by atoms with Crippen LogP contribution < -0.4 is 0 Å². The lowest BCUT2D eigenvalue weighted by atomic mass is 10.5. The number of hydrogen-bond donors (Lipinski definition) is 1. The molecule has 1 rings (SSSR count). The second-order valence-corrected chi connectivity index (χ2v) is 3.29. The number of ether oxygens (including phenoxy) is 1. The molecule has 0 spiro atoms. The lowest BCUT2D eigenvalue weighted by molar-refractivity contribution is 0.0147. The summed E-state index contributed by atoms with van der Waals surface area (Å²) in [6.07, 6.45) is -0.579. The Bertz CT molecular complexity index is 334. The molecule has 1 heterocycles. The maximum absolute atomic E-state index is 11.7. The molecule has 0 aliphatic heterocycles. The lowest BCUT2D eigenvalue weighted by Gasteiger charge is -2.03. The van der Waals surface area contributed by atoms with E-state index in [4.69, 9.17) is 17.0 Å². The Morgan fingerprint density at radius 2 is 2.36 bits per heavy atom. The third-order valence-electron chi connectivity index (χ3n) is 1.63. The Labute approximate surface area is 85.7 Å². The molecule has 0 fully saturated rings. The zero-order valence-electron chi connectivity index (χ0n) is 7.80. The molecule has 1 N–H and O–H groups in total. The topological polar surface area (TPSA) is 29.9 Å². The molecule has 0 aliphatic rings. The minimum atomic E-state index is -2.41. The maximum atomic E-state index is 11.7. The third-order valence-corrected chi connectivity index (χ3v) is 1.97. The van der Waals surface area contributed by atoms with Crippen LogP contribution in [0.1, 0.15) is 5.69 Å². The minimum Gasteiger partial charge on any atom is -0.374 e. The second kappa shape index (κ2) is 5.21. The van der Waals surface area contributed by atoms with Gasteiger partial charge >= 0.3 is 0 Å². The van der Waals surface area contributed by atoms with Crippen molar-refractivity contribution in [1.82, 2.24) is 9.55 Å². The van der Waals surface area contributed by atoms with Gasteiger partial charge in [0.25, 0.3) is 6.43 Å². The lowest BCUT2D eigenvalue weighted by Crippen LogP contribution is -2.10. The van der Waals surface area contributed by atoms with Crippen LogP contribution >= 0.6 is 12.2 Å². The van der Waals surface area contributed by atoms with Crippen molar-refractivity contribution < 1.29 is 13.5 Å². The van der Waals surface area contributed by atoms with E-state index in [0.717, 1.165) is 5.69 Å². The van der Waals surface area contributed by atoms with E-state index >= 15 is 0 Å². The van der Waals surface area contributed by atoms with E-state index in [1.54, 1.807) is 4.57 Å². The van der Waals surface area contributed by atoms with Crippen LogP contribution in [0.15, 0.2) is 6.20 Å². The molecule has 14 heavy (non-hydrogen) atoms. The summed E-state index contributed by atoms with van der Waals surface area (Å²) in [6, 6.07) is 0. The second-order valence-electron chi connectivity index (χ2n) is 2.90. The first-order valence-corrected chi connectivity index (χ1v) is 4.62. The van der Waals surface area contributed by atoms with Crippen LogP contribution in [0.2, 0.25) is 0 Å². The fraction of sp³-hybridized carbons (Fsp3) is 0.625. The standard InChI is InChI=1S/C8H12F2N2OS/c1-6-4-12(8(14)11-6)2-3-13-5-7(9)10/h4,7H,2-3,5H2,1H3,(H,11,14). The van der Waals surface area contributed by atoms with Crippen LogP contribution in [0.5, 0.6) is 0 Å². The van der Waals surface area contributed by atoms with E-state index in [0.29, 0.717) is 11.3 Å². The molecule has 80 valence electrons. The predicted octanol–water partition coefficient (Wildman–Crippen LogP) is 2.14. The van der Waals surface area contributed by atoms with Gasteiger partial charge in [-0.1, -0.05) is 0 Å². The van der Waals surface area contributed by atoms with Gasteiger partial charge in [-0.25, -0.2) is 8.78 Å². The van der Waals surface area contributed by atoms with Crippen molar-refractivity contribution in [2.75, 3.05) is 13.2 Å². The van der Waals surface area contributed by atoms with Crippen LogP contribution in [0.4, 0.5) is 8.78 Å². The van der Waals surface area contributed by atoms with Gasteiger partial charge in [0, 0.05) is 18.4 Å².